The number of fused-ring (bicyclic) bond motifs is 10. The molecule has 4 heterocycles. The fourth-order valence-electron chi connectivity index (χ4n) is 5.83. The van der Waals surface area contributed by atoms with Gasteiger partial charge in [0.05, 0.1) is 34.3 Å². The molecule has 3 aromatic carbocycles. The average molecular weight is 487 g/mol. The standard InChI is InChI=1S/C26H21N3O7/c30-9-14-21(31)22(32)23(33)26(36-14)29-13-8-4-2-6-11(13)16-18-17(24(34)28-25(18)35)15-10-5-1-3-7-12(10)27-19(15)20(16)29/h1-8,14,21-23,26-27,30-33H,9H2,(H,28,34,35)/t14-,21+,22+,23-,26-/m1/s1. The number of H-pyrrole nitrogens is 1. The van der Waals surface area contributed by atoms with Crippen LogP contribution in [0.1, 0.15) is 26.9 Å². The van der Waals surface area contributed by atoms with Crippen molar-refractivity contribution in [1.29, 1.82) is 0 Å². The first kappa shape index (κ1) is 21.5. The van der Waals surface area contributed by atoms with Crippen molar-refractivity contribution in [2.75, 3.05) is 6.61 Å². The summed E-state index contributed by atoms with van der Waals surface area (Å²) in [5, 5.41) is 46.6. The number of nitrogens with zero attached hydrogens (tertiary/aromatic N) is 1. The van der Waals surface area contributed by atoms with Crippen LogP contribution in [0, 0.1) is 0 Å². The molecule has 0 spiro atoms. The van der Waals surface area contributed by atoms with Crippen molar-refractivity contribution in [2.45, 2.75) is 30.6 Å². The van der Waals surface area contributed by atoms with Crippen LogP contribution in [-0.2, 0) is 4.74 Å². The highest BCUT2D eigenvalue weighted by Crippen LogP contribution is 2.45. The maximum atomic E-state index is 13.1. The molecule has 1 fully saturated rings. The predicted molar refractivity (Wildman–Crippen MR) is 130 cm³/mol. The number of aromatic amines is 1. The zero-order chi connectivity index (χ0) is 24.9. The number of ether oxygens (including phenoxy) is 1. The third kappa shape index (κ3) is 2.56. The Morgan fingerprint density at radius 3 is 2.25 bits per heavy atom. The van der Waals surface area contributed by atoms with Gasteiger partial charge in [0.2, 0.25) is 0 Å². The zero-order valence-electron chi connectivity index (χ0n) is 18.7. The number of amides is 2. The second kappa shape index (κ2) is 7.36. The van der Waals surface area contributed by atoms with Gasteiger partial charge in [-0.05, 0) is 12.1 Å². The van der Waals surface area contributed by atoms with E-state index in [1.165, 1.54) is 0 Å². The molecule has 2 aliphatic rings. The summed E-state index contributed by atoms with van der Waals surface area (Å²) in [5.41, 5.74) is 2.89. The molecule has 0 bridgehead atoms. The third-order valence-corrected chi connectivity index (χ3v) is 7.41. The molecule has 5 atom stereocenters. The molecule has 2 aromatic heterocycles. The fourth-order valence-corrected chi connectivity index (χ4v) is 5.83. The molecule has 10 heteroatoms. The molecule has 0 saturated carbocycles. The Balaban J connectivity index is 1.70. The number of rotatable bonds is 2. The molecule has 182 valence electrons. The summed E-state index contributed by atoms with van der Waals surface area (Å²) in [5.74, 6) is -1.01. The minimum atomic E-state index is -1.59. The van der Waals surface area contributed by atoms with Crippen molar-refractivity contribution in [2.24, 2.45) is 0 Å². The van der Waals surface area contributed by atoms with Gasteiger partial charge in [-0.3, -0.25) is 14.9 Å². The molecule has 5 aromatic rings. The number of imide groups is 1. The van der Waals surface area contributed by atoms with Crippen LogP contribution in [0.2, 0.25) is 0 Å². The van der Waals surface area contributed by atoms with Crippen molar-refractivity contribution in [3.05, 3.63) is 59.7 Å². The maximum absolute atomic E-state index is 13.1. The molecular weight excluding hydrogens is 466 g/mol. The molecule has 10 nitrogen and oxygen atoms in total. The zero-order valence-corrected chi connectivity index (χ0v) is 18.7. The Kier molecular flexibility index (Phi) is 4.39. The summed E-state index contributed by atoms with van der Waals surface area (Å²) in [7, 11) is 0. The topological polar surface area (TPSA) is 157 Å². The van der Waals surface area contributed by atoms with Gasteiger partial charge in [0.25, 0.3) is 11.8 Å². The van der Waals surface area contributed by atoms with Crippen LogP contribution >= 0.6 is 0 Å². The van der Waals surface area contributed by atoms with E-state index in [1.807, 2.05) is 30.3 Å². The SMILES string of the molecule is O=C1NC(=O)c2c1c1c3ccccc3[nH]c1c1c2c2ccccc2n1[C@@H]1O[C@H](CO)[C@H](O)[C@H](O)[C@H]1O. The molecule has 1 saturated heterocycles. The molecule has 36 heavy (non-hydrogen) atoms. The van der Waals surface area contributed by atoms with Gasteiger partial charge in [-0.15, -0.1) is 0 Å². The lowest BCUT2D eigenvalue weighted by atomic mass is 9.96. The highest BCUT2D eigenvalue weighted by Gasteiger charge is 2.46. The van der Waals surface area contributed by atoms with E-state index < -0.39 is 49.1 Å². The van der Waals surface area contributed by atoms with Gasteiger partial charge in [-0.1, -0.05) is 36.4 Å². The summed E-state index contributed by atoms with van der Waals surface area (Å²) in [6.45, 7) is -0.577. The third-order valence-electron chi connectivity index (χ3n) is 7.41. The van der Waals surface area contributed by atoms with E-state index in [0.717, 1.165) is 10.9 Å². The number of para-hydroxylation sites is 2. The molecule has 0 aliphatic carbocycles. The quantitative estimate of drug-likeness (QED) is 0.205. The molecule has 2 amide bonds. The second-order valence-corrected chi connectivity index (χ2v) is 9.28. The Hall–Kier alpha value is -3.80. The van der Waals surface area contributed by atoms with Crippen LogP contribution in [0.15, 0.2) is 48.5 Å². The van der Waals surface area contributed by atoms with E-state index in [0.29, 0.717) is 32.7 Å². The molecule has 0 radical (unpaired) electrons. The highest BCUT2D eigenvalue weighted by atomic mass is 16.6. The number of hydrogen-bond donors (Lipinski definition) is 6. The Bertz CT molecular complexity index is 1750. The minimum absolute atomic E-state index is 0.229. The van der Waals surface area contributed by atoms with Crippen LogP contribution in [-0.4, -0.2) is 72.8 Å². The van der Waals surface area contributed by atoms with Gasteiger partial charge in [0.1, 0.15) is 24.4 Å². The van der Waals surface area contributed by atoms with Gasteiger partial charge in [0.15, 0.2) is 6.23 Å². The first-order valence-corrected chi connectivity index (χ1v) is 11.6. The maximum Gasteiger partial charge on any atom is 0.259 e. The average Bonchev–Trinajstić information content (AvgIpc) is 3.52. The van der Waals surface area contributed by atoms with E-state index in [-0.39, 0.29) is 11.1 Å². The van der Waals surface area contributed by atoms with E-state index >= 15 is 0 Å². The summed E-state index contributed by atoms with van der Waals surface area (Å²) < 4.78 is 7.62. The first-order chi connectivity index (χ1) is 17.4. The van der Waals surface area contributed by atoms with E-state index in [1.54, 1.807) is 22.8 Å². The molecule has 0 unspecified atom stereocenters. The number of nitrogens with one attached hydrogen (secondary N) is 2. The van der Waals surface area contributed by atoms with E-state index in [2.05, 4.69) is 10.3 Å². The lowest BCUT2D eigenvalue weighted by Gasteiger charge is -2.41. The summed E-state index contributed by atoms with van der Waals surface area (Å²) in [6, 6.07) is 14.6. The number of hydrogen-bond acceptors (Lipinski definition) is 7. The first-order valence-electron chi connectivity index (χ1n) is 11.6. The van der Waals surface area contributed by atoms with Gasteiger partial charge >= 0.3 is 0 Å². The van der Waals surface area contributed by atoms with Crippen molar-refractivity contribution in [3.63, 3.8) is 0 Å². The summed E-state index contributed by atoms with van der Waals surface area (Å²) in [4.78, 5) is 29.5. The van der Waals surface area contributed by atoms with Crippen LogP contribution in [0.3, 0.4) is 0 Å². The number of aromatic nitrogens is 2. The largest absolute Gasteiger partial charge is 0.394 e. The number of carbonyl (C=O) groups is 2. The lowest BCUT2D eigenvalue weighted by Crippen LogP contribution is -2.56. The van der Waals surface area contributed by atoms with Gasteiger partial charge < -0.3 is 34.7 Å². The van der Waals surface area contributed by atoms with Gasteiger partial charge in [-0.2, -0.15) is 0 Å². The molecule has 7 rings (SSSR count). The fraction of sp³-hybridized carbons (Fsp3) is 0.231. The smallest absolute Gasteiger partial charge is 0.259 e. The van der Waals surface area contributed by atoms with E-state index in [9.17, 15) is 30.0 Å². The molecular formula is C26H21N3O7. The Morgan fingerprint density at radius 2 is 1.50 bits per heavy atom. The highest BCUT2D eigenvalue weighted by molar-refractivity contribution is 6.39. The monoisotopic (exact) mass is 487 g/mol. The van der Waals surface area contributed by atoms with Crippen LogP contribution in [0.4, 0.5) is 0 Å². The number of aliphatic hydroxyl groups excluding tert-OH is 4. The van der Waals surface area contributed by atoms with E-state index in [4.69, 9.17) is 4.74 Å². The van der Waals surface area contributed by atoms with Crippen molar-refractivity contribution >= 4 is 55.4 Å². The lowest BCUT2D eigenvalue weighted by molar-refractivity contribution is -0.249. The van der Waals surface area contributed by atoms with Crippen LogP contribution < -0.4 is 5.32 Å². The normalized spacial score (nSPS) is 26.4. The minimum Gasteiger partial charge on any atom is -0.394 e. The number of aliphatic hydroxyl groups is 4. The van der Waals surface area contributed by atoms with Gasteiger partial charge in [0, 0.05) is 27.1 Å². The van der Waals surface area contributed by atoms with Crippen LogP contribution in [0.25, 0.3) is 43.6 Å². The number of carbonyl (C=O) groups excluding carboxylic acids is 2. The predicted octanol–water partition coefficient (Wildman–Crippen LogP) is 1.28. The summed E-state index contributed by atoms with van der Waals surface area (Å²) >= 11 is 0. The second-order valence-electron chi connectivity index (χ2n) is 9.28. The Labute approximate surface area is 202 Å². The number of benzene rings is 3. The van der Waals surface area contributed by atoms with Crippen LogP contribution in [0.5, 0.6) is 0 Å². The van der Waals surface area contributed by atoms with Crippen molar-refractivity contribution < 1.29 is 34.8 Å². The Morgan fingerprint density at radius 1 is 0.833 bits per heavy atom. The van der Waals surface area contributed by atoms with Crippen molar-refractivity contribution in [1.82, 2.24) is 14.9 Å². The van der Waals surface area contributed by atoms with Gasteiger partial charge in [-0.25, -0.2) is 0 Å². The molecule has 6 N–H and O–H groups in total. The summed E-state index contributed by atoms with van der Waals surface area (Å²) in [6.07, 6.45) is -6.99. The molecule has 2 aliphatic heterocycles. The van der Waals surface area contributed by atoms with Crippen molar-refractivity contribution in [3.8, 4) is 0 Å².